The summed E-state index contributed by atoms with van der Waals surface area (Å²) in [6.07, 6.45) is 0. The summed E-state index contributed by atoms with van der Waals surface area (Å²) in [4.78, 5) is 20.9. The molecule has 3 aromatic rings. The Morgan fingerprint density at radius 2 is 2.08 bits per heavy atom. The van der Waals surface area contributed by atoms with Gasteiger partial charge in [-0.1, -0.05) is 6.07 Å². The van der Waals surface area contributed by atoms with Crippen molar-refractivity contribution >= 4 is 17.2 Å². The highest BCUT2D eigenvalue weighted by Crippen LogP contribution is 2.28. The first-order valence-corrected chi connectivity index (χ1v) is 8.98. The van der Waals surface area contributed by atoms with E-state index < -0.39 is 0 Å². The summed E-state index contributed by atoms with van der Waals surface area (Å²) >= 11 is 1.52. The number of nitrogens with zero attached hydrogens (tertiary/aromatic N) is 2. The van der Waals surface area contributed by atoms with Crippen LogP contribution in [0, 0.1) is 6.92 Å². The fourth-order valence-electron chi connectivity index (χ4n) is 2.36. The molecular weight excluding hydrogens is 350 g/mol. The van der Waals surface area contributed by atoms with Crippen LogP contribution in [0.5, 0.6) is 11.5 Å². The second-order valence-corrected chi connectivity index (χ2v) is 6.31. The van der Waals surface area contributed by atoms with E-state index >= 15 is 0 Å². The Balaban J connectivity index is 1.64. The second-order valence-electron chi connectivity index (χ2n) is 5.59. The molecule has 134 valence electrons. The number of methoxy groups -OCH3 is 1. The van der Waals surface area contributed by atoms with Crippen molar-refractivity contribution in [3.8, 4) is 11.5 Å². The number of rotatable bonds is 7. The molecule has 0 saturated carbocycles. The number of aromatic nitrogens is 2. The molecule has 0 unspecified atom stereocenters. The van der Waals surface area contributed by atoms with Gasteiger partial charge in [0.2, 0.25) is 0 Å². The lowest BCUT2D eigenvalue weighted by Crippen LogP contribution is -2.23. The third-order valence-corrected chi connectivity index (χ3v) is 4.30. The van der Waals surface area contributed by atoms with Crippen molar-refractivity contribution in [3.63, 3.8) is 0 Å². The minimum Gasteiger partial charge on any atom is -0.493 e. The van der Waals surface area contributed by atoms with Gasteiger partial charge in [0.15, 0.2) is 11.5 Å². The van der Waals surface area contributed by atoms with Gasteiger partial charge in [0, 0.05) is 16.6 Å². The van der Waals surface area contributed by atoms with Gasteiger partial charge in [-0.15, -0.1) is 11.3 Å². The van der Waals surface area contributed by atoms with Crippen LogP contribution in [0.25, 0.3) is 0 Å². The SMILES string of the molecule is COc1cc(C(=O)NCc2cccc(C)n2)ccc1OCc1cscn1. The summed E-state index contributed by atoms with van der Waals surface area (Å²) < 4.78 is 11.1. The van der Waals surface area contributed by atoms with E-state index in [1.54, 1.807) is 30.8 Å². The summed E-state index contributed by atoms with van der Waals surface area (Å²) in [6, 6.07) is 10.8. The van der Waals surface area contributed by atoms with Gasteiger partial charge in [0.25, 0.3) is 5.91 Å². The molecule has 0 aliphatic heterocycles. The quantitative estimate of drug-likeness (QED) is 0.691. The molecule has 7 heteroatoms. The first-order valence-electron chi connectivity index (χ1n) is 8.04. The molecule has 1 aromatic carbocycles. The minimum absolute atomic E-state index is 0.197. The summed E-state index contributed by atoms with van der Waals surface area (Å²) in [7, 11) is 1.55. The van der Waals surface area contributed by atoms with Crippen molar-refractivity contribution in [2.45, 2.75) is 20.1 Å². The zero-order valence-corrected chi connectivity index (χ0v) is 15.4. The molecule has 0 radical (unpaired) electrons. The number of amides is 1. The highest BCUT2D eigenvalue weighted by atomic mass is 32.1. The molecule has 0 bridgehead atoms. The van der Waals surface area contributed by atoms with E-state index in [1.165, 1.54) is 11.3 Å². The number of carbonyl (C=O) groups excluding carboxylic acids is 1. The van der Waals surface area contributed by atoms with E-state index in [0.717, 1.165) is 17.1 Å². The largest absolute Gasteiger partial charge is 0.493 e. The van der Waals surface area contributed by atoms with Gasteiger partial charge in [-0.25, -0.2) is 4.98 Å². The lowest BCUT2D eigenvalue weighted by molar-refractivity contribution is 0.0950. The van der Waals surface area contributed by atoms with Crippen molar-refractivity contribution in [2.75, 3.05) is 7.11 Å². The molecule has 1 amide bonds. The van der Waals surface area contributed by atoms with Gasteiger partial charge in [-0.05, 0) is 37.3 Å². The standard InChI is InChI=1S/C19H19N3O3S/c1-13-4-3-5-15(22-13)9-20-19(23)14-6-7-17(18(8-14)24-2)25-10-16-11-26-12-21-16/h3-8,11-12H,9-10H2,1-2H3,(H,20,23). The Morgan fingerprint density at radius 1 is 1.19 bits per heavy atom. The number of pyridine rings is 1. The molecule has 0 aliphatic rings. The topological polar surface area (TPSA) is 73.3 Å². The molecule has 6 nitrogen and oxygen atoms in total. The maximum atomic E-state index is 12.4. The summed E-state index contributed by atoms with van der Waals surface area (Å²) in [5, 5.41) is 4.79. The summed E-state index contributed by atoms with van der Waals surface area (Å²) in [5.41, 5.74) is 4.83. The van der Waals surface area contributed by atoms with E-state index in [2.05, 4.69) is 15.3 Å². The Kier molecular flexibility index (Phi) is 5.80. The molecule has 2 aromatic heterocycles. The number of benzene rings is 1. The van der Waals surface area contributed by atoms with Crippen LogP contribution in [0.3, 0.4) is 0 Å². The monoisotopic (exact) mass is 369 g/mol. The molecule has 3 rings (SSSR count). The number of nitrogens with one attached hydrogen (secondary N) is 1. The van der Waals surface area contributed by atoms with E-state index in [0.29, 0.717) is 30.2 Å². The highest BCUT2D eigenvalue weighted by molar-refractivity contribution is 7.07. The average molecular weight is 369 g/mol. The molecule has 26 heavy (non-hydrogen) atoms. The Hall–Kier alpha value is -2.93. The van der Waals surface area contributed by atoms with E-state index in [1.807, 2.05) is 30.5 Å². The van der Waals surface area contributed by atoms with E-state index in [9.17, 15) is 4.79 Å². The highest BCUT2D eigenvalue weighted by Gasteiger charge is 2.12. The maximum Gasteiger partial charge on any atom is 0.251 e. The van der Waals surface area contributed by atoms with E-state index in [4.69, 9.17) is 9.47 Å². The molecule has 0 aliphatic carbocycles. The number of ether oxygens (including phenoxy) is 2. The maximum absolute atomic E-state index is 12.4. The molecule has 1 N–H and O–H groups in total. The Bertz CT molecular complexity index is 881. The van der Waals surface area contributed by atoms with Crippen LogP contribution in [0.15, 0.2) is 47.3 Å². The molecule has 0 atom stereocenters. The number of thiazole rings is 1. The number of aryl methyl sites for hydroxylation is 1. The lowest BCUT2D eigenvalue weighted by atomic mass is 10.2. The van der Waals surface area contributed by atoms with Gasteiger partial charge in [0.1, 0.15) is 6.61 Å². The van der Waals surface area contributed by atoms with Crippen LogP contribution in [-0.4, -0.2) is 23.0 Å². The second kappa shape index (κ2) is 8.44. The Labute approximate surface area is 155 Å². The molecule has 0 saturated heterocycles. The van der Waals surface area contributed by atoms with Gasteiger partial charge in [-0.2, -0.15) is 0 Å². The summed E-state index contributed by atoms with van der Waals surface area (Å²) in [6.45, 7) is 2.63. The van der Waals surface area contributed by atoms with Crippen LogP contribution in [0.4, 0.5) is 0 Å². The van der Waals surface area contributed by atoms with Crippen LogP contribution in [0.1, 0.15) is 27.4 Å². The predicted octanol–water partition coefficient (Wildman–Crippen LogP) is 3.36. The Morgan fingerprint density at radius 3 is 2.81 bits per heavy atom. The summed E-state index contributed by atoms with van der Waals surface area (Å²) in [5.74, 6) is 0.872. The van der Waals surface area contributed by atoms with Crippen molar-refractivity contribution in [1.82, 2.24) is 15.3 Å². The van der Waals surface area contributed by atoms with Crippen LogP contribution in [-0.2, 0) is 13.2 Å². The molecular formula is C19H19N3O3S. The van der Waals surface area contributed by atoms with Crippen molar-refractivity contribution in [1.29, 1.82) is 0 Å². The average Bonchev–Trinajstić information content (AvgIpc) is 3.18. The number of hydrogen-bond donors (Lipinski definition) is 1. The third kappa shape index (κ3) is 4.58. The fraction of sp³-hybridized carbons (Fsp3) is 0.211. The minimum atomic E-state index is -0.197. The van der Waals surface area contributed by atoms with Crippen LogP contribution in [0.2, 0.25) is 0 Å². The number of hydrogen-bond acceptors (Lipinski definition) is 6. The third-order valence-electron chi connectivity index (χ3n) is 3.66. The molecule has 0 spiro atoms. The molecule has 2 heterocycles. The first kappa shape index (κ1) is 17.9. The molecule has 0 fully saturated rings. The van der Waals surface area contributed by atoms with Crippen LogP contribution >= 0.6 is 11.3 Å². The number of carbonyl (C=O) groups is 1. The van der Waals surface area contributed by atoms with Crippen LogP contribution < -0.4 is 14.8 Å². The van der Waals surface area contributed by atoms with Gasteiger partial charge >= 0.3 is 0 Å². The normalized spacial score (nSPS) is 10.4. The first-order chi connectivity index (χ1) is 12.7. The van der Waals surface area contributed by atoms with Gasteiger partial charge in [0.05, 0.1) is 30.6 Å². The van der Waals surface area contributed by atoms with Gasteiger partial charge < -0.3 is 14.8 Å². The van der Waals surface area contributed by atoms with Crippen molar-refractivity contribution in [2.24, 2.45) is 0 Å². The zero-order chi connectivity index (χ0) is 18.4. The van der Waals surface area contributed by atoms with Crippen molar-refractivity contribution in [3.05, 3.63) is 69.9 Å². The van der Waals surface area contributed by atoms with E-state index in [-0.39, 0.29) is 5.91 Å². The zero-order valence-electron chi connectivity index (χ0n) is 14.6. The lowest BCUT2D eigenvalue weighted by Gasteiger charge is -2.12. The van der Waals surface area contributed by atoms with Crippen molar-refractivity contribution < 1.29 is 14.3 Å². The smallest absolute Gasteiger partial charge is 0.251 e. The fourth-order valence-corrected chi connectivity index (χ4v) is 2.90. The predicted molar refractivity (Wildman–Crippen MR) is 99.6 cm³/mol. The van der Waals surface area contributed by atoms with Gasteiger partial charge in [-0.3, -0.25) is 9.78 Å².